The first kappa shape index (κ1) is 74.9. The number of aldehydes is 4. The number of benzene rings is 8. The van der Waals surface area contributed by atoms with Crippen molar-refractivity contribution in [3.05, 3.63) is 271 Å². The summed E-state index contributed by atoms with van der Waals surface area (Å²) < 4.78 is 14.4. The van der Waals surface area contributed by atoms with E-state index in [1.807, 2.05) is 126 Å². The third-order valence-corrected chi connectivity index (χ3v) is 12.0. The van der Waals surface area contributed by atoms with Gasteiger partial charge in [0.25, 0.3) is 0 Å². The molecule has 8 rings (SSSR count). The Balaban J connectivity index is 0.000000498. The third kappa shape index (κ3) is 30.9. The zero-order valence-corrected chi connectivity index (χ0v) is 52.5. The van der Waals surface area contributed by atoms with Crippen molar-refractivity contribution in [3.63, 3.8) is 0 Å². The fourth-order valence-electron chi connectivity index (χ4n) is 7.22. The van der Waals surface area contributed by atoms with Crippen LogP contribution in [0.5, 0.6) is 11.5 Å². The first-order valence-electron chi connectivity index (χ1n) is 27.3. The number of carboxylic acids is 3. The van der Waals surface area contributed by atoms with Crippen LogP contribution in [-0.4, -0.2) is 85.7 Å². The van der Waals surface area contributed by atoms with Gasteiger partial charge in [-0.15, -0.1) is 0 Å². The summed E-state index contributed by atoms with van der Waals surface area (Å²) in [5.74, 6) is -1.46. The topological polar surface area (TPSA) is 225 Å². The summed E-state index contributed by atoms with van der Waals surface area (Å²) in [5, 5.41) is 25.8. The van der Waals surface area contributed by atoms with E-state index in [0.29, 0.717) is 27.8 Å². The summed E-state index contributed by atoms with van der Waals surface area (Å²) in [4.78, 5) is 83.3. The predicted molar refractivity (Wildman–Crippen MR) is 344 cm³/mol. The number of carboxylic acid groups (broad SMARTS) is 3. The summed E-state index contributed by atoms with van der Waals surface area (Å²) in [6.07, 6.45) is 3.39. The van der Waals surface area contributed by atoms with Crippen molar-refractivity contribution in [2.24, 2.45) is 0 Å². The number of hydrogen-bond acceptors (Lipinski definition) is 11. The number of methoxy groups -OCH3 is 3. The van der Waals surface area contributed by atoms with Gasteiger partial charge in [-0.3, -0.25) is 19.2 Å². The second kappa shape index (κ2) is 38.7. The minimum atomic E-state index is -0.875. The lowest BCUT2D eigenvalue weighted by molar-refractivity contribution is 0.0598. The van der Waals surface area contributed by atoms with Crippen LogP contribution in [0.2, 0.25) is 0 Å². The highest BCUT2D eigenvalue weighted by molar-refractivity contribution is 5.90. The molecule has 14 heteroatoms. The Bertz CT molecular complexity index is 3360. The second-order valence-corrected chi connectivity index (χ2v) is 21.7. The van der Waals surface area contributed by atoms with Gasteiger partial charge >= 0.3 is 23.9 Å². The van der Waals surface area contributed by atoms with Crippen molar-refractivity contribution in [1.29, 1.82) is 0 Å². The largest absolute Gasteiger partial charge is 0.497 e. The number of carbonyl (C=O) groups excluding carboxylic acids is 5. The smallest absolute Gasteiger partial charge is 0.337 e. The molecule has 0 aromatic heterocycles. The van der Waals surface area contributed by atoms with E-state index < -0.39 is 17.9 Å². The standard InChI is InChI=1S/C11H14O2.C11H14O.C9H10O3.C9H10O2.C9H10O.2C8H8O2.C8H8O/c1-11(2,3)9-6-4-8(5-7-9)10(12)13;1-11(2,3)10-6-4-9(8-12)5-7-10;1-11-8-5-3-7(4-6-8)9(10)12-2;1-6-3-7(2)5-8(4-6)9(10)11;1-7-3-8(2)5-9(4-7)6-10;1-10-8-4-2-7(6-9)3-5-8;1-6-2-4-7(5-3-6)8(9)10;1-7-2-4-8(6-9)5-3-7/h4-7H,1-3H3,(H,12,13);4-8H,1-3H3;3-6H,1-2H3;3-5H,1-2H3,(H,10,11);3-6H,1-2H3;2-6H,1H3;2-5H,1H3,(H,9,10);2-6H,1H3. The van der Waals surface area contributed by atoms with E-state index in [4.69, 9.17) is 24.8 Å². The van der Waals surface area contributed by atoms with Gasteiger partial charge in [0.05, 0.1) is 43.6 Å². The average Bonchev–Trinajstić information content (AvgIpc) is 3.68. The van der Waals surface area contributed by atoms with Crippen LogP contribution in [0.4, 0.5) is 0 Å². The minimum Gasteiger partial charge on any atom is -0.497 e. The number of ether oxygens (including phenoxy) is 3. The van der Waals surface area contributed by atoms with E-state index in [0.717, 1.165) is 86.7 Å². The van der Waals surface area contributed by atoms with Crippen molar-refractivity contribution in [2.75, 3.05) is 21.3 Å². The van der Waals surface area contributed by atoms with Gasteiger partial charge < -0.3 is 29.5 Å². The zero-order valence-electron chi connectivity index (χ0n) is 52.5. The Kier molecular flexibility index (Phi) is 33.3. The molecule has 87 heavy (non-hydrogen) atoms. The molecule has 0 amide bonds. The van der Waals surface area contributed by atoms with Crippen molar-refractivity contribution >= 4 is 49.0 Å². The SMILES string of the molecule is CC(C)(C)c1ccc(C(=O)O)cc1.CC(C)(C)c1ccc(C=O)cc1.COC(=O)c1ccc(OC)cc1.COc1ccc(C=O)cc1.Cc1cc(C)cc(C(=O)O)c1.Cc1cc(C)cc(C=O)c1.Cc1ccc(C(=O)O)cc1.Cc1ccc(C=O)cc1. The Morgan fingerprint density at radius 2 is 0.586 bits per heavy atom. The fraction of sp³-hybridized carbons (Fsp3) is 0.233. The van der Waals surface area contributed by atoms with E-state index in [1.54, 1.807) is 111 Å². The highest BCUT2D eigenvalue weighted by Gasteiger charge is 2.14. The highest BCUT2D eigenvalue weighted by Crippen LogP contribution is 2.23. The van der Waals surface area contributed by atoms with E-state index >= 15 is 0 Å². The van der Waals surface area contributed by atoms with Crippen LogP contribution in [0.25, 0.3) is 0 Å². The number of aromatic carboxylic acids is 3. The summed E-state index contributed by atoms with van der Waals surface area (Å²) in [7, 11) is 4.52. The number of aryl methyl sites for hydroxylation is 6. The lowest BCUT2D eigenvalue weighted by atomic mass is 9.87. The van der Waals surface area contributed by atoms with E-state index in [9.17, 15) is 38.4 Å². The molecule has 14 nitrogen and oxygen atoms in total. The lowest BCUT2D eigenvalue weighted by Gasteiger charge is -2.18. The normalized spacial score (nSPS) is 9.83. The fourth-order valence-corrected chi connectivity index (χ4v) is 7.22. The highest BCUT2D eigenvalue weighted by atomic mass is 16.5. The molecule has 8 aromatic rings. The number of carbonyl (C=O) groups is 8. The molecule has 8 aromatic carbocycles. The predicted octanol–water partition coefficient (Wildman–Crippen LogP) is 16.1. The van der Waals surface area contributed by atoms with Crippen LogP contribution in [0, 0.1) is 41.5 Å². The first-order chi connectivity index (χ1) is 40.9. The van der Waals surface area contributed by atoms with Crippen LogP contribution in [0.1, 0.15) is 169 Å². The quantitative estimate of drug-likeness (QED) is 0.0856. The summed E-state index contributed by atoms with van der Waals surface area (Å²) in [5.41, 5.74) is 13.6. The average molecular weight is 1180 g/mol. The molecule has 0 unspecified atom stereocenters. The maximum Gasteiger partial charge on any atom is 0.337 e. The summed E-state index contributed by atoms with van der Waals surface area (Å²) >= 11 is 0. The molecule has 458 valence electrons. The lowest BCUT2D eigenvalue weighted by Crippen LogP contribution is -2.11. The van der Waals surface area contributed by atoms with Crippen LogP contribution < -0.4 is 9.47 Å². The van der Waals surface area contributed by atoms with Crippen LogP contribution in [0.15, 0.2) is 182 Å². The van der Waals surface area contributed by atoms with Gasteiger partial charge in [0.2, 0.25) is 0 Å². The molecule has 0 bridgehead atoms. The number of hydrogen-bond donors (Lipinski definition) is 3. The molecule has 0 saturated carbocycles. The van der Waals surface area contributed by atoms with E-state index in [2.05, 4.69) is 46.3 Å². The van der Waals surface area contributed by atoms with Crippen molar-refractivity contribution in [2.45, 2.75) is 93.9 Å². The minimum absolute atomic E-state index is 0.0804. The molecule has 0 saturated heterocycles. The zero-order chi connectivity index (χ0) is 65.9. The van der Waals surface area contributed by atoms with Crippen molar-refractivity contribution in [1.82, 2.24) is 0 Å². The molecular formula is C73H82O14. The van der Waals surface area contributed by atoms with Gasteiger partial charge in [0.15, 0.2) is 0 Å². The molecule has 0 fully saturated rings. The molecule has 0 radical (unpaired) electrons. The van der Waals surface area contributed by atoms with Gasteiger partial charge in [0, 0.05) is 22.3 Å². The number of esters is 1. The third-order valence-electron chi connectivity index (χ3n) is 12.0. The Morgan fingerprint density at radius 1 is 0.322 bits per heavy atom. The molecule has 0 aliphatic carbocycles. The summed E-state index contributed by atoms with van der Waals surface area (Å²) in [6, 6.07) is 53.7. The number of rotatable bonds is 10. The summed E-state index contributed by atoms with van der Waals surface area (Å²) in [6.45, 7) is 24.4. The maximum absolute atomic E-state index is 11.0. The van der Waals surface area contributed by atoms with E-state index in [1.165, 1.54) is 18.2 Å². The van der Waals surface area contributed by atoms with Crippen molar-refractivity contribution in [3.8, 4) is 11.5 Å². The van der Waals surface area contributed by atoms with Crippen LogP contribution in [0.3, 0.4) is 0 Å². The van der Waals surface area contributed by atoms with Gasteiger partial charge in [-0.2, -0.15) is 0 Å². The van der Waals surface area contributed by atoms with Gasteiger partial charge in [0.1, 0.15) is 36.6 Å². The van der Waals surface area contributed by atoms with Crippen LogP contribution in [-0.2, 0) is 15.6 Å². The van der Waals surface area contributed by atoms with Crippen LogP contribution >= 0.6 is 0 Å². The van der Waals surface area contributed by atoms with E-state index in [-0.39, 0.29) is 16.8 Å². The Labute approximate surface area is 512 Å². The molecular weight excluding hydrogens is 1100 g/mol. The molecule has 0 heterocycles. The molecule has 0 aliphatic heterocycles. The van der Waals surface area contributed by atoms with Gasteiger partial charge in [-0.25, -0.2) is 19.2 Å². The molecule has 0 spiro atoms. The van der Waals surface area contributed by atoms with Gasteiger partial charge in [-0.05, 0) is 161 Å². The molecule has 0 aliphatic rings. The first-order valence-corrected chi connectivity index (χ1v) is 27.3. The van der Waals surface area contributed by atoms with Crippen molar-refractivity contribution < 1.29 is 67.9 Å². The monoisotopic (exact) mass is 1180 g/mol. The molecule has 3 N–H and O–H groups in total. The second-order valence-electron chi connectivity index (χ2n) is 21.7. The maximum atomic E-state index is 11.0. The molecule has 0 atom stereocenters. The van der Waals surface area contributed by atoms with Gasteiger partial charge in [-0.1, -0.05) is 160 Å². The Hall–Kier alpha value is -10.1. The Morgan fingerprint density at radius 3 is 0.885 bits per heavy atom.